The Hall–Kier alpha value is 4.18. The summed E-state index contributed by atoms with van der Waals surface area (Å²) in [7, 11) is 0. The Morgan fingerprint density at radius 2 is 0.900 bits per heavy atom. The first-order valence-electron chi connectivity index (χ1n) is 10.9. The van der Waals surface area contributed by atoms with Crippen molar-refractivity contribution in [3.8, 4) is 0 Å². The molecule has 0 spiro atoms. The summed E-state index contributed by atoms with van der Waals surface area (Å²) in [5.41, 5.74) is 0. The van der Waals surface area contributed by atoms with Gasteiger partial charge in [-0.25, -0.2) is 0 Å². The van der Waals surface area contributed by atoms with Gasteiger partial charge in [0.05, 0.1) is 0 Å². The molecule has 4 fully saturated rings. The maximum atomic E-state index is 2.43. The van der Waals surface area contributed by atoms with Crippen molar-refractivity contribution in [1.29, 1.82) is 0 Å². The van der Waals surface area contributed by atoms with Crippen molar-refractivity contribution < 1.29 is 0 Å². The van der Waals surface area contributed by atoms with E-state index in [2.05, 4.69) is 70.6 Å². The van der Waals surface area contributed by atoms with Crippen LogP contribution in [0.4, 0.5) is 0 Å². The van der Waals surface area contributed by atoms with E-state index in [1.807, 2.05) is 0 Å². The van der Waals surface area contributed by atoms with Gasteiger partial charge in [0.25, 0.3) is 0 Å². The van der Waals surface area contributed by atoms with Gasteiger partial charge in [0.1, 0.15) is 0 Å². The van der Waals surface area contributed by atoms with E-state index in [1.54, 1.807) is 42.6 Å². The van der Waals surface area contributed by atoms with E-state index in [-0.39, 0.29) is 0 Å². The second kappa shape index (κ2) is 16.1. The van der Waals surface area contributed by atoms with Crippen LogP contribution in [-0.4, -0.2) is 126 Å². The van der Waals surface area contributed by atoms with Crippen LogP contribution in [0.15, 0.2) is 0 Å². The number of rotatable bonds is 21. The predicted molar refractivity (Wildman–Crippen MR) is 159 cm³/mol. The van der Waals surface area contributed by atoms with Crippen molar-refractivity contribution in [3.63, 3.8) is 0 Å². The normalized spacial score (nSPS) is 30.8. The van der Waals surface area contributed by atoms with Gasteiger partial charge in [-0.2, -0.15) is 0 Å². The van der Waals surface area contributed by atoms with Crippen LogP contribution in [0.3, 0.4) is 0 Å². The quantitative estimate of drug-likeness (QED) is 0.0814. The first kappa shape index (κ1) is 27.2. The van der Waals surface area contributed by atoms with E-state index >= 15 is 0 Å². The van der Waals surface area contributed by atoms with Crippen LogP contribution in [0.2, 0.25) is 42.6 Å². The maximum absolute atomic E-state index is 2.43. The summed E-state index contributed by atoms with van der Waals surface area (Å²) < 4.78 is 0. The fourth-order valence-electron chi connectivity index (χ4n) is 2.76. The number of hydrogen-bond acceptors (Lipinski definition) is 6. The topological polar surface area (TPSA) is 0 Å². The Morgan fingerprint density at radius 1 is 0.567 bits per heavy atom. The molecule has 4 saturated heterocycles. The van der Waals surface area contributed by atoms with Crippen molar-refractivity contribution in [1.82, 2.24) is 0 Å². The zero-order chi connectivity index (χ0) is 20.4. The molecule has 30 heavy (non-hydrogen) atoms. The molecule has 0 aromatic carbocycles. The second-order valence-corrected chi connectivity index (χ2v) is 25.2. The van der Waals surface area contributed by atoms with Crippen LogP contribution in [0.1, 0.15) is 0 Å². The van der Waals surface area contributed by atoms with Gasteiger partial charge >= 0.3 is 239 Å². The first-order chi connectivity index (χ1) is 14.9. The predicted octanol–water partition coefficient (Wildman–Crippen LogP) is 5.81. The molecule has 4 rings (SSSR count). The molecule has 0 radical (unpaired) electrons. The molecule has 10 heteroatoms. The van der Waals surface area contributed by atoms with Crippen molar-refractivity contribution in [2.45, 2.75) is 74.1 Å². The monoisotopic (exact) mass is 786 g/mol. The van der Waals surface area contributed by atoms with E-state index in [4.69, 9.17) is 0 Å². The van der Waals surface area contributed by atoms with E-state index in [0.717, 1.165) is 91.3 Å². The van der Waals surface area contributed by atoms with Crippen LogP contribution < -0.4 is 0 Å². The SMILES string of the molecule is C(C[Se]CC1CS1)SC(C[Se]CC1CS1)C(C[Se]CC1CS1)SCC[Se]CC1CS1. The Kier molecular flexibility index (Phi) is 14.6. The minimum absolute atomic E-state index is 0.910. The molecule has 6 atom stereocenters. The third-order valence-electron chi connectivity index (χ3n) is 4.92. The Morgan fingerprint density at radius 3 is 1.23 bits per heavy atom. The summed E-state index contributed by atoms with van der Waals surface area (Å²) in [6.07, 6.45) is 0. The molecule has 174 valence electrons. The van der Waals surface area contributed by atoms with Gasteiger partial charge in [-0.05, 0) is 0 Å². The zero-order valence-electron chi connectivity index (χ0n) is 17.4. The summed E-state index contributed by atoms with van der Waals surface area (Å²) in [6.45, 7) is 0. The average molecular weight is 783 g/mol. The Labute approximate surface area is 236 Å². The summed E-state index contributed by atoms with van der Waals surface area (Å²) >= 11 is 17.4. The van der Waals surface area contributed by atoms with Crippen LogP contribution in [0, 0.1) is 0 Å². The van der Waals surface area contributed by atoms with Crippen LogP contribution >= 0.6 is 70.6 Å². The number of hydrogen-bond donors (Lipinski definition) is 0. The zero-order valence-corrected chi connectivity index (χ0v) is 29.2. The summed E-state index contributed by atoms with van der Waals surface area (Å²) in [5.74, 6) is 8.84. The molecule has 6 unspecified atom stereocenters. The third-order valence-corrected chi connectivity index (χ3v) is 25.6. The van der Waals surface area contributed by atoms with Gasteiger partial charge < -0.3 is 0 Å². The second-order valence-electron chi connectivity index (χ2n) is 7.86. The van der Waals surface area contributed by atoms with Crippen LogP contribution in [0.5, 0.6) is 0 Å². The van der Waals surface area contributed by atoms with Gasteiger partial charge in [0.15, 0.2) is 0 Å². The molecule has 0 aromatic rings. The molecule has 0 saturated carbocycles. The fraction of sp³-hybridized carbons (Fsp3) is 1.00. The Bertz CT molecular complexity index is 432. The van der Waals surface area contributed by atoms with Crippen LogP contribution in [-0.2, 0) is 0 Å². The van der Waals surface area contributed by atoms with E-state index in [1.165, 1.54) is 34.5 Å². The molecule has 0 amide bonds. The summed E-state index contributed by atoms with van der Waals surface area (Å²) in [4.78, 5) is 0. The molecule has 0 aliphatic carbocycles. The molecule has 4 heterocycles. The first-order valence-corrected chi connectivity index (χ1v) is 26.9. The molecule has 0 nitrogen and oxygen atoms in total. The van der Waals surface area contributed by atoms with Crippen molar-refractivity contribution in [3.05, 3.63) is 0 Å². The molecular formula is C20H34S6Se4. The standard InChI is InChI=1S/C20H34S6Se4/c1(3-27-9-15-5-23-15)21-19(13-29-11-17-7-25-17)20(14-30-12-18-8-26-18)22-2-4-28-10-16-6-24-16/h15-20H,1-14H2. The summed E-state index contributed by atoms with van der Waals surface area (Å²) in [6, 6.07) is 0. The van der Waals surface area contributed by atoms with E-state index in [0.29, 0.717) is 0 Å². The van der Waals surface area contributed by atoms with Gasteiger partial charge in [0.2, 0.25) is 0 Å². The van der Waals surface area contributed by atoms with E-state index in [9.17, 15) is 0 Å². The van der Waals surface area contributed by atoms with E-state index < -0.39 is 0 Å². The average Bonchev–Trinajstić information content (AvgIpc) is 3.55. The molecule has 0 aromatic heterocycles. The van der Waals surface area contributed by atoms with Crippen molar-refractivity contribution in [2.75, 3.05) is 34.5 Å². The van der Waals surface area contributed by atoms with Crippen LogP contribution in [0.25, 0.3) is 0 Å². The minimum atomic E-state index is 0.910. The van der Waals surface area contributed by atoms with Gasteiger partial charge in [-0.15, -0.1) is 0 Å². The van der Waals surface area contributed by atoms with Gasteiger partial charge in [-0.3, -0.25) is 0 Å². The molecule has 0 bridgehead atoms. The fourth-order valence-corrected chi connectivity index (χ4v) is 24.1. The molecule has 4 aliphatic heterocycles. The molecular weight excluding hydrogens is 748 g/mol. The van der Waals surface area contributed by atoms with Gasteiger partial charge in [-0.1, -0.05) is 0 Å². The molecule has 4 aliphatic rings. The third kappa shape index (κ3) is 13.5. The summed E-state index contributed by atoms with van der Waals surface area (Å²) in [5, 5.41) is 18.8. The van der Waals surface area contributed by atoms with Crippen molar-refractivity contribution >= 4 is 130 Å². The van der Waals surface area contributed by atoms with Crippen molar-refractivity contribution in [2.24, 2.45) is 0 Å². The Balaban J connectivity index is 1.18. The van der Waals surface area contributed by atoms with Gasteiger partial charge in [0, 0.05) is 0 Å². The molecule has 0 N–H and O–H groups in total. The number of thioether (sulfide) groups is 6.